The first kappa shape index (κ1) is 17.7. The van der Waals surface area contributed by atoms with Gasteiger partial charge in [-0.3, -0.25) is 14.4 Å². The van der Waals surface area contributed by atoms with E-state index in [-0.39, 0.29) is 25.4 Å². The zero-order valence-electron chi connectivity index (χ0n) is 13.4. The lowest BCUT2D eigenvalue weighted by Gasteiger charge is -2.44. The number of carbonyl (C=O) groups is 3. The molecule has 0 aromatic carbocycles. The molecule has 130 valence electrons. The number of carboxylic acid groups (broad SMARTS) is 2. The summed E-state index contributed by atoms with van der Waals surface area (Å²) in [4.78, 5) is 35.6. The number of carboxylic acids is 2. The van der Waals surface area contributed by atoms with Crippen LogP contribution in [-0.4, -0.2) is 39.8 Å². The van der Waals surface area contributed by atoms with Crippen LogP contribution >= 0.6 is 0 Å². The molecule has 2 rings (SSSR count). The molecule has 2 aliphatic rings. The Labute approximate surface area is 135 Å². The first-order valence-corrected chi connectivity index (χ1v) is 8.23. The molecule has 0 aliphatic carbocycles. The van der Waals surface area contributed by atoms with Gasteiger partial charge in [-0.25, -0.2) is 0 Å². The molecule has 23 heavy (non-hydrogen) atoms. The Kier molecular flexibility index (Phi) is 4.98. The monoisotopic (exact) mass is 327 g/mol. The number of nitrogens with two attached hydrogens (primary N) is 1. The number of amides is 1. The van der Waals surface area contributed by atoms with Gasteiger partial charge < -0.3 is 20.7 Å². The highest BCUT2D eigenvalue weighted by atomic mass is 16.5. The van der Waals surface area contributed by atoms with E-state index in [1.165, 1.54) is 0 Å². The van der Waals surface area contributed by atoms with Crippen molar-refractivity contribution in [2.75, 3.05) is 0 Å². The second-order valence-corrected chi connectivity index (χ2v) is 6.74. The van der Waals surface area contributed by atoms with Gasteiger partial charge in [0.1, 0.15) is 5.41 Å². The molecule has 2 bridgehead atoms. The van der Waals surface area contributed by atoms with Gasteiger partial charge in [-0.15, -0.1) is 0 Å². The zero-order valence-corrected chi connectivity index (χ0v) is 13.4. The van der Waals surface area contributed by atoms with Gasteiger partial charge in [0.25, 0.3) is 5.91 Å². The lowest BCUT2D eigenvalue weighted by atomic mass is 9.56. The van der Waals surface area contributed by atoms with Crippen molar-refractivity contribution in [2.24, 2.45) is 17.1 Å². The quantitative estimate of drug-likeness (QED) is 0.551. The Morgan fingerprint density at radius 3 is 2.48 bits per heavy atom. The average Bonchev–Trinajstić information content (AvgIpc) is 3.03. The molecule has 0 saturated carbocycles. The smallest absolute Gasteiger partial charge is 0.313 e. The van der Waals surface area contributed by atoms with Crippen molar-refractivity contribution in [3.8, 4) is 0 Å². The minimum absolute atomic E-state index is 0.162. The Balaban J connectivity index is 2.42. The maximum Gasteiger partial charge on any atom is 0.313 e. The lowest BCUT2D eigenvalue weighted by Crippen LogP contribution is -2.61. The lowest BCUT2D eigenvalue weighted by molar-refractivity contribution is -0.176. The Bertz CT molecular complexity index is 507. The maximum atomic E-state index is 12.2. The summed E-state index contributed by atoms with van der Waals surface area (Å²) in [5.41, 5.74) is 2.42. The van der Waals surface area contributed by atoms with Crippen LogP contribution in [0.25, 0.3) is 0 Å². The number of ether oxygens (including phenoxy) is 1. The first-order valence-electron chi connectivity index (χ1n) is 8.23. The number of carbonyl (C=O) groups excluding carboxylic acids is 1. The zero-order chi connectivity index (χ0) is 17.3. The van der Waals surface area contributed by atoms with Crippen LogP contribution in [0, 0.1) is 11.3 Å². The summed E-state index contributed by atoms with van der Waals surface area (Å²) in [6, 6.07) is 0. The van der Waals surface area contributed by atoms with Gasteiger partial charge in [0.2, 0.25) is 0 Å². The van der Waals surface area contributed by atoms with Crippen LogP contribution in [0.15, 0.2) is 0 Å². The molecule has 0 aromatic rings. The number of hydrogen-bond acceptors (Lipinski definition) is 4. The van der Waals surface area contributed by atoms with E-state index >= 15 is 0 Å². The number of aliphatic carboxylic acids is 2. The summed E-state index contributed by atoms with van der Waals surface area (Å²) >= 11 is 0. The van der Waals surface area contributed by atoms with Crippen LogP contribution in [0.2, 0.25) is 0 Å². The highest BCUT2D eigenvalue weighted by molar-refractivity contribution is 5.94. The molecular formula is C16H25NO6. The van der Waals surface area contributed by atoms with Crippen molar-refractivity contribution in [1.29, 1.82) is 0 Å². The van der Waals surface area contributed by atoms with E-state index in [9.17, 15) is 24.6 Å². The van der Waals surface area contributed by atoms with E-state index in [1.807, 2.05) is 6.92 Å². The van der Waals surface area contributed by atoms with E-state index in [1.54, 1.807) is 0 Å². The van der Waals surface area contributed by atoms with Gasteiger partial charge in [-0.1, -0.05) is 26.2 Å². The Morgan fingerprint density at radius 2 is 2.00 bits per heavy atom. The van der Waals surface area contributed by atoms with Crippen LogP contribution in [-0.2, 0) is 19.1 Å². The molecule has 2 aliphatic heterocycles. The van der Waals surface area contributed by atoms with Crippen LogP contribution in [0.1, 0.15) is 58.3 Å². The van der Waals surface area contributed by atoms with E-state index in [4.69, 9.17) is 10.5 Å². The molecule has 7 nitrogen and oxygen atoms in total. The normalized spacial score (nSPS) is 33.5. The van der Waals surface area contributed by atoms with Gasteiger partial charge in [0.15, 0.2) is 5.60 Å². The van der Waals surface area contributed by atoms with E-state index in [2.05, 4.69) is 0 Å². The Hall–Kier alpha value is -1.63. The van der Waals surface area contributed by atoms with E-state index < -0.39 is 34.8 Å². The number of rotatable bonds is 9. The largest absolute Gasteiger partial charge is 0.481 e. The molecule has 2 saturated heterocycles. The summed E-state index contributed by atoms with van der Waals surface area (Å²) in [5.74, 6) is -3.68. The maximum absolute atomic E-state index is 12.2. The van der Waals surface area contributed by atoms with Gasteiger partial charge in [0, 0.05) is 6.42 Å². The third-order valence-corrected chi connectivity index (χ3v) is 5.51. The van der Waals surface area contributed by atoms with Gasteiger partial charge in [0.05, 0.1) is 6.10 Å². The fourth-order valence-electron chi connectivity index (χ4n) is 4.47. The van der Waals surface area contributed by atoms with Crippen LogP contribution < -0.4 is 5.73 Å². The molecule has 2 fully saturated rings. The standard InChI is InChI=1S/C16H25NO6/c1-2-3-4-5-10(8-12(18)19)15(14(21)22)9-11-6-7-16(15,23-11)13(17)20/h10-11H,2-9H2,1H3,(H2,17,20)(H,18,19)(H,21,22). The topological polar surface area (TPSA) is 127 Å². The minimum Gasteiger partial charge on any atom is -0.481 e. The van der Waals surface area contributed by atoms with E-state index in [0.717, 1.165) is 19.3 Å². The third kappa shape index (κ3) is 2.71. The molecule has 4 atom stereocenters. The highest BCUT2D eigenvalue weighted by Crippen LogP contribution is 2.61. The van der Waals surface area contributed by atoms with Crippen LogP contribution in [0.3, 0.4) is 0 Å². The summed E-state index contributed by atoms with van der Waals surface area (Å²) in [5, 5.41) is 19.2. The van der Waals surface area contributed by atoms with Crippen LogP contribution in [0.5, 0.6) is 0 Å². The fraction of sp³-hybridized carbons (Fsp3) is 0.812. The second kappa shape index (κ2) is 6.47. The summed E-state index contributed by atoms with van der Waals surface area (Å²) in [7, 11) is 0. The minimum atomic E-state index is -1.57. The molecule has 4 unspecified atom stereocenters. The van der Waals surface area contributed by atoms with Crippen molar-refractivity contribution >= 4 is 17.8 Å². The number of fused-ring (bicyclic) bond motifs is 2. The SMILES string of the molecule is CCCCCC(CC(=O)O)C1(C(=O)O)CC2CCC1(C(N)=O)O2. The van der Waals surface area contributed by atoms with Crippen molar-refractivity contribution in [2.45, 2.75) is 70.0 Å². The number of unbranched alkanes of at least 4 members (excludes halogenated alkanes) is 2. The summed E-state index contributed by atoms with van der Waals surface area (Å²) in [6.07, 6.45) is 3.38. The predicted molar refractivity (Wildman–Crippen MR) is 80.6 cm³/mol. The van der Waals surface area contributed by atoms with Gasteiger partial charge in [-0.2, -0.15) is 0 Å². The second-order valence-electron chi connectivity index (χ2n) is 6.74. The highest BCUT2D eigenvalue weighted by Gasteiger charge is 2.72. The fourth-order valence-corrected chi connectivity index (χ4v) is 4.47. The number of primary amides is 1. The molecular weight excluding hydrogens is 302 g/mol. The average molecular weight is 327 g/mol. The van der Waals surface area contributed by atoms with Crippen molar-refractivity contribution in [1.82, 2.24) is 0 Å². The Morgan fingerprint density at radius 1 is 1.30 bits per heavy atom. The third-order valence-electron chi connectivity index (χ3n) is 5.51. The molecule has 0 radical (unpaired) electrons. The molecule has 0 spiro atoms. The molecule has 7 heteroatoms. The van der Waals surface area contributed by atoms with E-state index in [0.29, 0.717) is 12.8 Å². The molecule has 0 aromatic heterocycles. The van der Waals surface area contributed by atoms with Gasteiger partial charge in [-0.05, 0) is 31.6 Å². The summed E-state index contributed by atoms with van der Waals surface area (Å²) < 4.78 is 5.72. The molecule has 4 N–H and O–H groups in total. The van der Waals surface area contributed by atoms with Crippen molar-refractivity contribution in [3.63, 3.8) is 0 Å². The van der Waals surface area contributed by atoms with Crippen molar-refractivity contribution < 1.29 is 29.3 Å². The van der Waals surface area contributed by atoms with Gasteiger partial charge >= 0.3 is 11.9 Å². The van der Waals surface area contributed by atoms with Crippen LogP contribution in [0.4, 0.5) is 0 Å². The molecule has 1 amide bonds. The molecule has 2 heterocycles. The number of hydrogen-bond donors (Lipinski definition) is 3. The summed E-state index contributed by atoms with van der Waals surface area (Å²) in [6.45, 7) is 2.02. The first-order chi connectivity index (χ1) is 10.8. The predicted octanol–water partition coefficient (Wildman–Crippen LogP) is 1.54. The van der Waals surface area contributed by atoms with Crippen molar-refractivity contribution in [3.05, 3.63) is 0 Å².